The highest BCUT2D eigenvalue weighted by Crippen LogP contribution is 2.33. The summed E-state index contributed by atoms with van der Waals surface area (Å²) in [6.45, 7) is 4.34. The molecule has 1 aromatic heterocycles. The van der Waals surface area contributed by atoms with E-state index in [1.807, 2.05) is 19.4 Å². The normalized spacial score (nSPS) is 29.7. The van der Waals surface area contributed by atoms with Crippen LogP contribution >= 0.6 is 0 Å². The molecule has 2 unspecified atom stereocenters. The number of hydrogen-bond acceptors (Lipinski definition) is 6. The van der Waals surface area contributed by atoms with E-state index in [9.17, 15) is 9.59 Å². The van der Waals surface area contributed by atoms with Gasteiger partial charge in [-0.25, -0.2) is 9.97 Å². The Morgan fingerprint density at radius 1 is 1.00 bits per heavy atom. The van der Waals surface area contributed by atoms with Gasteiger partial charge in [-0.1, -0.05) is 0 Å². The first-order chi connectivity index (χ1) is 13.9. The summed E-state index contributed by atoms with van der Waals surface area (Å²) in [6, 6.07) is 1.03. The van der Waals surface area contributed by atoms with Crippen LogP contribution < -0.4 is 4.90 Å². The number of aromatic nitrogens is 2. The van der Waals surface area contributed by atoms with Crippen LogP contribution in [0, 0.1) is 11.8 Å². The van der Waals surface area contributed by atoms with Crippen LogP contribution in [0.25, 0.3) is 0 Å². The summed E-state index contributed by atoms with van der Waals surface area (Å²) in [5, 5.41) is 0. The Morgan fingerprint density at radius 3 is 2.10 bits per heavy atom. The molecule has 2 bridgehead atoms. The zero-order chi connectivity index (χ0) is 20.5. The van der Waals surface area contributed by atoms with Crippen LogP contribution in [0.1, 0.15) is 51.0 Å². The maximum atomic E-state index is 12.8. The van der Waals surface area contributed by atoms with Crippen molar-refractivity contribution in [2.45, 2.75) is 64.1 Å². The van der Waals surface area contributed by atoms with Crippen molar-refractivity contribution in [3.63, 3.8) is 0 Å². The molecule has 4 rings (SSSR count). The minimum atomic E-state index is 0.0387. The number of hydrogen-bond donors (Lipinski definition) is 0. The van der Waals surface area contributed by atoms with Gasteiger partial charge in [0.15, 0.2) is 0 Å². The van der Waals surface area contributed by atoms with Gasteiger partial charge in [0.25, 0.3) is 0 Å². The Hall–Kier alpha value is -2.02. The van der Waals surface area contributed by atoms with Gasteiger partial charge < -0.3 is 14.7 Å². The number of carbonyl (C=O) groups is 2. The van der Waals surface area contributed by atoms with E-state index in [1.165, 1.54) is 12.8 Å². The minimum absolute atomic E-state index is 0.0387. The Morgan fingerprint density at radius 2 is 1.55 bits per heavy atom. The summed E-state index contributed by atoms with van der Waals surface area (Å²) in [7, 11) is 4.04. The van der Waals surface area contributed by atoms with Crippen molar-refractivity contribution in [1.82, 2.24) is 19.8 Å². The predicted molar refractivity (Wildman–Crippen MR) is 111 cm³/mol. The predicted octanol–water partition coefficient (Wildman–Crippen LogP) is 2.11. The number of nitrogens with zero attached hydrogens (tertiary/aromatic N) is 5. The van der Waals surface area contributed by atoms with Gasteiger partial charge in [0.2, 0.25) is 11.9 Å². The molecule has 0 radical (unpaired) electrons. The van der Waals surface area contributed by atoms with E-state index in [-0.39, 0.29) is 23.5 Å². The summed E-state index contributed by atoms with van der Waals surface area (Å²) in [4.78, 5) is 40.2. The Bertz CT molecular complexity index is 730. The van der Waals surface area contributed by atoms with Gasteiger partial charge in [0.05, 0.1) is 0 Å². The molecule has 3 fully saturated rings. The number of fused-ring (bicyclic) bond motifs is 2. The molecule has 7 heteroatoms. The fraction of sp³-hybridized carbons (Fsp3) is 0.727. The number of likely N-dealkylation sites (tertiary alicyclic amines) is 1. The van der Waals surface area contributed by atoms with Crippen LogP contribution in [0.2, 0.25) is 0 Å². The van der Waals surface area contributed by atoms with E-state index in [1.54, 1.807) is 11.8 Å². The van der Waals surface area contributed by atoms with Crippen molar-refractivity contribution >= 4 is 17.6 Å². The molecule has 1 aromatic rings. The quantitative estimate of drug-likeness (QED) is 0.755. The lowest BCUT2D eigenvalue weighted by molar-refractivity contribution is -0.137. The average Bonchev–Trinajstić information content (AvgIpc) is 2.99. The van der Waals surface area contributed by atoms with Crippen LogP contribution in [0.15, 0.2) is 12.4 Å². The topological polar surface area (TPSA) is 69.6 Å². The van der Waals surface area contributed by atoms with E-state index in [0.29, 0.717) is 18.6 Å². The molecule has 0 N–H and O–H groups in total. The number of piperazine rings is 1. The molecular weight excluding hydrogens is 366 g/mol. The van der Waals surface area contributed by atoms with Crippen molar-refractivity contribution in [3.05, 3.63) is 18.0 Å². The molecule has 2 atom stereocenters. The van der Waals surface area contributed by atoms with E-state index in [0.717, 1.165) is 50.3 Å². The summed E-state index contributed by atoms with van der Waals surface area (Å²) >= 11 is 0. The summed E-state index contributed by atoms with van der Waals surface area (Å²) in [5.41, 5.74) is 0.962. The van der Waals surface area contributed by atoms with E-state index >= 15 is 0 Å². The standard InChI is InChI=1S/C22H33N5O2/c1-15(28)17-4-6-18(7-5-17)21(29)26(3)12-16-10-23-22(24-11-16)27-19-8-9-20(27)14-25(2)13-19/h10-11,17-20H,4-9,12-14H2,1-3H3/t17-,18-,19?,20?. The third-order valence-corrected chi connectivity index (χ3v) is 7.03. The first-order valence-corrected chi connectivity index (χ1v) is 11.0. The van der Waals surface area contributed by atoms with Crippen molar-refractivity contribution in [2.24, 2.45) is 11.8 Å². The van der Waals surface area contributed by atoms with E-state index in [2.05, 4.69) is 26.8 Å². The average molecular weight is 400 g/mol. The van der Waals surface area contributed by atoms with Gasteiger partial charge >= 0.3 is 0 Å². The molecule has 7 nitrogen and oxygen atoms in total. The van der Waals surface area contributed by atoms with Gasteiger partial charge in [0, 0.05) is 68.6 Å². The van der Waals surface area contributed by atoms with Crippen LogP contribution in [0.3, 0.4) is 0 Å². The second-order valence-corrected chi connectivity index (χ2v) is 9.26. The molecule has 1 amide bonds. The molecule has 158 valence electrons. The summed E-state index contributed by atoms with van der Waals surface area (Å²) in [6.07, 6.45) is 9.47. The van der Waals surface area contributed by atoms with Gasteiger partial charge in [-0.2, -0.15) is 0 Å². The Balaban J connectivity index is 1.33. The van der Waals surface area contributed by atoms with Crippen LogP contribution in [0.4, 0.5) is 5.95 Å². The van der Waals surface area contributed by atoms with Gasteiger partial charge in [0.1, 0.15) is 5.78 Å². The molecule has 2 saturated heterocycles. The Labute approximate surface area is 173 Å². The summed E-state index contributed by atoms with van der Waals surface area (Å²) < 4.78 is 0. The molecule has 1 saturated carbocycles. The molecule has 2 aliphatic heterocycles. The van der Waals surface area contributed by atoms with Crippen LogP contribution in [-0.2, 0) is 16.1 Å². The fourth-order valence-electron chi connectivity index (χ4n) is 5.41. The SMILES string of the molecule is CC(=O)[C@H]1CC[C@H](C(=O)N(C)Cc2cnc(N3C4CCC3CN(C)C4)nc2)CC1. The lowest BCUT2D eigenvalue weighted by Crippen LogP contribution is -2.53. The number of carbonyl (C=O) groups excluding carboxylic acids is 2. The molecule has 0 spiro atoms. The fourth-order valence-corrected chi connectivity index (χ4v) is 5.41. The zero-order valence-corrected chi connectivity index (χ0v) is 17.9. The first kappa shape index (κ1) is 20.3. The largest absolute Gasteiger partial charge is 0.341 e. The van der Waals surface area contributed by atoms with E-state index < -0.39 is 0 Å². The van der Waals surface area contributed by atoms with Gasteiger partial charge in [-0.15, -0.1) is 0 Å². The zero-order valence-electron chi connectivity index (χ0n) is 17.9. The van der Waals surface area contributed by atoms with Crippen LogP contribution in [-0.4, -0.2) is 70.7 Å². The second kappa shape index (κ2) is 8.38. The number of likely N-dealkylation sites (N-methyl/N-ethyl adjacent to an activating group) is 1. The molecule has 29 heavy (non-hydrogen) atoms. The highest BCUT2D eigenvalue weighted by atomic mass is 16.2. The maximum Gasteiger partial charge on any atom is 0.225 e. The number of Topliss-reactive ketones (excluding diaryl/α,β-unsaturated/α-hetero) is 1. The van der Waals surface area contributed by atoms with Crippen molar-refractivity contribution in [3.8, 4) is 0 Å². The third-order valence-electron chi connectivity index (χ3n) is 7.03. The molecule has 3 heterocycles. The summed E-state index contributed by atoms with van der Waals surface area (Å²) in [5.74, 6) is 1.45. The van der Waals surface area contributed by atoms with Gasteiger partial charge in [-0.3, -0.25) is 9.59 Å². The lowest BCUT2D eigenvalue weighted by Gasteiger charge is -2.39. The first-order valence-electron chi connectivity index (χ1n) is 11.0. The maximum absolute atomic E-state index is 12.8. The Kier molecular flexibility index (Phi) is 5.86. The second-order valence-electron chi connectivity index (χ2n) is 9.26. The number of rotatable bonds is 5. The molecule has 0 aromatic carbocycles. The van der Waals surface area contributed by atoms with Crippen molar-refractivity contribution < 1.29 is 9.59 Å². The molecule has 3 aliphatic rings. The van der Waals surface area contributed by atoms with Crippen LogP contribution in [0.5, 0.6) is 0 Å². The third kappa shape index (κ3) is 4.29. The molecular formula is C22H33N5O2. The number of amides is 1. The minimum Gasteiger partial charge on any atom is -0.341 e. The lowest BCUT2D eigenvalue weighted by atomic mass is 9.80. The smallest absolute Gasteiger partial charge is 0.225 e. The van der Waals surface area contributed by atoms with E-state index in [4.69, 9.17) is 0 Å². The molecule has 1 aliphatic carbocycles. The highest BCUT2D eigenvalue weighted by molar-refractivity contribution is 5.81. The number of anilines is 1. The number of ketones is 1. The monoisotopic (exact) mass is 399 g/mol. The van der Waals surface area contributed by atoms with Crippen molar-refractivity contribution in [2.75, 3.05) is 32.1 Å². The van der Waals surface area contributed by atoms with Gasteiger partial charge in [-0.05, 0) is 52.5 Å². The van der Waals surface area contributed by atoms with Crippen molar-refractivity contribution in [1.29, 1.82) is 0 Å². The highest BCUT2D eigenvalue weighted by Gasteiger charge is 2.40.